The van der Waals surface area contributed by atoms with Gasteiger partial charge in [0.2, 0.25) is 11.8 Å². The second kappa shape index (κ2) is 6.85. The first-order valence-electron chi connectivity index (χ1n) is 9.19. The molecule has 8 heteroatoms. The summed E-state index contributed by atoms with van der Waals surface area (Å²) in [6.07, 6.45) is 3.86. The van der Waals surface area contributed by atoms with Crippen LogP contribution in [0.4, 0.5) is 0 Å². The van der Waals surface area contributed by atoms with Gasteiger partial charge in [-0.1, -0.05) is 19.1 Å². The van der Waals surface area contributed by atoms with E-state index in [4.69, 9.17) is 15.6 Å². The van der Waals surface area contributed by atoms with Crippen molar-refractivity contribution in [1.29, 1.82) is 5.26 Å². The number of fused-ring (bicyclic) bond motifs is 1. The van der Waals surface area contributed by atoms with E-state index < -0.39 is 0 Å². The Morgan fingerprint density at radius 3 is 2.61 bits per heavy atom. The van der Waals surface area contributed by atoms with E-state index in [-0.39, 0.29) is 17.8 Å². The number of allylic oxidation sites excluding steroid dienone is 1. The average molecular weight is 375 g/mol. The molecule has 28 heavy (non-hydrogen) atoms. The second-order valence-electron chi connectivity index (χ2n) is 6.91. The molecule has 3 aromatic rings. The van der Waals surface area contributed by atoms with Crippen molar-refractivity contribution in [3.05, 3.63) is 65.2 Å². The highest BCUT2D eigenvalue weighted by Crippen LogP contribution is 2.45. The largest absolute Gasteiger partial charge is 0.422 e. The van der Waals surface area contributed by atoms with E-state index in [1.54, 1.807) is 11.0 Å². The normalized spacial score (nSPS) is 16.0. The van der Waals surface area contributed by atoms with Crippen molar-refractivity contribution in [1.82, 2.24) is 24.5 Å². The maximum Gasteiger partial charge on any atom is 0.224 e. The first kappa shape index (κ1) is 17.8. The molecule has 8 nitrogen and oxygen atoms in total. The van der Waals surface area contributed by atoms with E-state index in [9.17, 15) is 5.26 Å². The molecule has 1 aliphatic heterocycles. The predicted molar refractivity (Wildman–Crippen MR) is 103 cm³/mol. The van der Waals surface area contributed by atoms with Crippen molar-refractivity contribution >= 4 is 0 Å². The van der Waals surface area contributed by atoms with E-state index in [0.717, 1.165) is 28.9 Å². The van der Waals surface area contributed by atoms with Gasteiger partial charge >= 0.3 is 0 Å². The van der Waals surface area contributed by atoms with E-state index in [1.807, 2.05) is 49.7 Å². The number of aromatic nitrogens is 5. The fourth-order valence-corrected chi connectivity index (χ4v) is 3.54. The second-order valence-corrected chi connectivity index (χ2v) is 6.91. The van der Waals surface area contributed by atoms with Crippen LogP contribution in [0.25, 0.3) is 5.69 Å². The summed E-state index contributed by atoms with van der Waals surface area (Å²) >= 11 is 0. The highest BCUT2D eigenvalue weighted by atomic mass is 16.5. The molecule has 0 saturated carbocycles. The Hall–Kier alpha value is -3.60. The van der Waals surface area contributed by atoms with Gasteiger partial charge in [0.25, 0.3) is 0 Å². The van der Waals surface area contributed by atoms with Crippen LogP contribution in [0.1, 0.15) is 49.6 Å². The summed E-state index contributed by atoms with van der Waals surface area (Å²) < 4.78 is 9.38. The van der Waals surface area contributed by atoms with E-state index in [1.165, 1.54) is 6.33 Å². The molecule has 1 unspecified atom stereocenters. The van der Waals surface area contributed by atoms with Gasteiger partial charge in [-0.25, -0.2) is 14.3 Å². The van der Waals surface area contributed by atoms with Crippen molar-refractivity contribution in [2.75, 3.05) is 0 Å². The van der Waals surface area contributed by atoms with Crippen LogP contribution in [0.2, 0.25) is 0 Å². The smallest absolute Gasteiger partial charge is 0.224 e. The number of hydrogen-bond donors (Lipinski definition) is 1. The van der Waals surface area contributed by atoms with Crippen LogP contribution in [0.5, 0.6) is 5.88 Å². The van der Waals surface area contributed by atoms with Gasteiger partial charge in [-0.15, -0.1) is 0 Å². The van der Waals surface area contributed by atoms with Crippen molar-refractivity contribution in [3.63, 3.8) is 0 Å². The van der Waals surface area contributed by atoms with Crippen LogP contribution in [-0.4, -0.2) is 24.5 Å². The summed E-state index contributed by atoms with van der Waals surface area (Å²) in [4.78, 5) is 3.97. The van der Waals surface area contributed by atoms with Crippen molar-refractivity contribution in [2.45, 2.75) is 39.2 Å². The number of benzene rings is 1. The number of nitrogens with zero attached hydrogens (tertiary/aromatic N) is 6. The molecule has 0 saturated heterocycles. The standard InChI is InChI=1S/C20H21N7O/c1-4-16-18-17(13-5-7-14(8-6-13)26-11-23-10-24-26)15(9-21)19(22)28-20(18)27(25-16)12(2)3/h5-8,10-12,17H,4,22H2,1-3H3. The zero-order chi connectivity index (χ0) is 19.8. The molecular formula is C20H21N7O. The van der Waals surface area contributed by atoms with Crippen LogP contribution >= 0.6 is 0 Å². The number of nitrogens with two attached hydrogens (primary N) is 1. The quantitative estimate of drug-likeness (QED) is 0.751. The highest BCUT2D eigenvalue weighted by Gasteiger charge is 2.36. The maximum atomic E-state index is 9.79. The molecule has 0 aliphatic carbocycles. The molecule has 1 atom stereocenters. The Kier molecular flexibility index (Phi) is 4.35. The van der Waals surface area contributed by atoms with Crippen molar-refractivity contribution < 1.29 is 4.74 Å². The molecule has 3 heterocycles. The monoisotopic (exact) mass is 375 g/mol. The van der Waals surface area contributed by atoms with Gasteiger partial charge in [0.05, 0.1) is 28.9 Å². The molecular weight excluding hydrogens is 354 g/mol. The first-order chi connectivity index (χ1) is 13.5. The lowest BCUT2D eigenvalue weighted by Crippen LogP contribution is -2.22. The number of ether oxygens (including phenoxy) is 1. The fraction of sp³-hybridized carbons (Fsp3) is 0.300. The molecule has 0 bridgehead atoms. The van der Waals surface area contributed by atoms with Crippen molar-refractivity contribution in [2.24, 2.45) is 5.73 Å². The summed E-state index contributed by atoms with van der Waals surface area (Å²) in [5.74, 6) is 0.430. The SMILES string of the molecule is CCc1nn(C(C)C)c2c1C(c1ccc(-n3cncn3)cc1)C(C#N)=C(N)O2. The molecule has 0 fully saturated rings. The van der Waals surface area contributed by atoms with Crippen LogP contribution in [0, 0.1) is 11.3 Å². The number of hydrogen-bond acceptors (Lipinski definition) is 6. The Balaban J connectivity index is 1.87. The van der Waals surface area contributed by atoms with Gasteiger partial charge in [-0.3, -0.25) is 0 Å². The number of nitriles is 1. The molecule has 1 aliphatic rings. The lowest BCUT2D eigenvalue weighted by molar-refractivity contribution is 0.334. The summed E-state index contributed by atoms with van der Waals surface area (Å²) in [6.45, 7) is 6.13. The molecule has 1 aromatic carbocycles. The molecule has 0 amide bonds. The van der Waals surface area contributed by atoms with E-state index in [2.05, 4.69) is 16.2 Å². The average Bonchev–Trinajstić information content (AvgIpc) is 3.35. The Labute approximate surface area is 162 Å². The van der Waals surface area contributed by atoms with E-state index in [0.29, 0.717) is 11.5 Å². The molecule has 0 spiro atoms. The third-order valence-corrected chi connectivity index (χ3v) is 4.88. The summed E-state index contributed by atoms with van der Waals surface area (Å²) in [5, 5.41) is 18.7. The van der Waals surface area contributed by atoms with Crippen LogP contribution in [0.15, 0.2) is 48.4 Å². The predicted octanol–water partition coefficient (Wildman–Crippen LogP) is 2.83. The van der Waals surface area contributed by atoms with Gasteiger partial charge in [0.1, 0.15) is 24.3 Å². The minimum Gasteiger partial charge on any atom is -0.422 e. The summed E-state index contributed by atoms with van der Waals surface area (Å²) in [5.41, 5.74) is 10.2. The lowest BCUT2D eigenvalue weighted by atomic mass is 9.83. The zero-order valence-electron chi connectivity index (χ0n) is 16.0. The van der Waals surface area contributed by atoms with Crippen LogP contribution in [0.3, 0.4) is 0 Å². The maximum absolute atomic E-state index is 9.79. The minimum absolute atomic E-state index is 0.112. The third-order valence-electron chi connectivity index (χ3n) is 4.88. The first-order valence-corrected chi connectivity index (χ1v) is 9.19. The molecule has 2 N–H and O–H groups in total. The van der Waals surface area contributed by atoms with E-state index >= 15 is 0 Å². The Morgan fingerprint density at radius 2 is 2.04 bits per heavy atom. The lowest BCUT2D eigenvalue weighted by Gasteiger charge is -2.25. The van der Waals surface area contributed by atoms with Gasteiger partial charge < -0.3 is 10.5 Å². The Morgan fingerprint density at radius 1 is 1.29 bits per heavy atom. The topological polar surface area (TPSA) is 108 Å². The van der Waals surface area contributed by atoms with Gasteiger partial charge in [-0.05, 0) is 38.0 Å². The molecule has 2 aromatic heterocycles. The molecule has 4 rings (SSSR count). The Bertz CT molecular complexity index is 1070. The molecule has 0 radical (unpaired) electrons. The fourth-order valence-electron chi connectivity index (χ4n) is 3.54. The summed E-state index contributed by atoms with van der Waals surface area (Å²) in [7, 11) is 0. The van der Waals surface area contributed by atoms with Crippen molar-refractivity contribution in [3.8, 4) is 17.6 Å². The summed E-state index contributed by atoms with van der Waals surface area (Å²) in [6, 6.07) is 10.2. The van der Waals surface area contributed by atoms with Crippen LogP contribution < -0.4 is 10.5 Å². The number of aryl methyl sites for hydroxylation is 1. The highest BCUT2D eigenvalue weighted by molar-refractivity contribution is 5.56. The minimum atomic E-state index is -0.319. The van der Waals surface area contributed by atoms with Gasteiger partial charge in [-0.2, -0.15) is 15.5 Å². The third kappa shape index (κ3) is 2.72. The number of rotatable bonds is 4. The van der Waals surface area contributed by atoms with Crippen LogP contribution in [-0.2, 0) is 6.42 Å². The zero-order valence-corrected chi connectivity index (χ0v) is 16.0. The van der Waals surface area contributed by atoms with Gasteiger partial charge in [0, 0.05) is 0 Å². The van der Waals surface area contributed by atoms with Gasteiger partial charge in [0.15, 0.2) is 0 Å². The molecule has 142 valence electrons.